The molecule has 0 radical (unpaired) electrons. The first-order chi connectivity index (χ1) is 7.76. The molecule has 5 nitrogen and oxygen atoms in total. The van der Waals surface area contributed by atoms with E-state index in [9.17, 15) is 4.79 Å². The van der Waals surface area contributed by atoms with Crippen molar-refractivity contribution in [1.29, 1.82) is 0 Å². The molecule has 1 heterocycles. The fourth-order valence-corrected chi connectivity index (χ4v) is 1.71. The number of hydrogen-bond donors (Lipinski definition) is 2. The van der Waals surface area contributed by atoms with Gasteiger partial charge in [-0.05, 0) is 12.6 Å². The second kappa shape index (κ2) is 4.32. The fraction of sp³-hybridized carbons (Fsp3) is 0.273. The third-order valence-electron chi connectivity index (χ3n) is 2.41. The van der Waals surface area contributed by atoms with E-state index in [-0.39, 0.29) is 5.69 Å². The molecule has 0 fully saturated rings. The summed E-state index contributed by atoms with van der Waals surface area (Å²) in [4.78, 5) is 18.0. The SMILES string of the molecule is COc1cccc2c(CCN)[nH]c(=O)nc12. The van der Waals surface area contributed by atoms with Crippen molar-refractivity contribution in [2.24, 2.45) is 5.73 Å². The molecule has 3 N–H and O–H groups in total. The number of aromatic amines is 1. The van der Waals surface area contributed by atoms with E-state index in [1.807, 2.05) is 12.1 Å². The van der Waals surface area contributed by atoms with Gasteiger partial charge in [-0.25, -0.2) is 4.79 Å². The minimum Gasteiger partial charge on any atom is -0.494 e. The molecule has 0 aliphatic rings. The van der Waals surface area contributed by atoms with Crippen molar-refractivity contribution in [3.63, 3.8) is 0 Å². The monoisotopic (exact) mass is 219 g/mol. The number of nitrogens with one attached hydrogen (secondary N) is 1. The van der Waals surface area contributed by atoms with Crippen molar-refractivity contribution < 1.29 is 4.74 Å². The van der Waals surface area contributed by atoms with E-state index in [0.717, 1.165) is 11.1 Å². The average Bonchev–Trinajstić information content (AvgIpc) is 2.28. The van der Waals surface area contributed by atoms with Crippen molar-refractivity contribution >= 4 is 10.9 Å². The van der Waals surface area contributed by atoms with E-state index < -0.39 is 0 Å². The van der Waals surface area contributed by atoms with Crippen molar-refractivity contribution in [1.82, 2.24) is 9.97 Å². The first-order valence-corrected chi connectivity index (χ1v) is 5.02. The molecule has 0 aliphatic carbocycles. The molecule has 0 aliphatic heterocycles. The van der Waals surface area contributed by atoms with E-state index in [1.54, 1.807) is 13.2 Å². The van der Waals surface area contributed by atoms with E-state index in [0.29, 0.717) is 24.2 Å². The Hall–Kier alpha value is -1.88. The molecule has 0 atom stereocenters. The van der Waals surface area contributed by atoms with Crippen LogP contribution in [0.1, 0.15) is 5.69 Å². The Morgan fingerprint density at radius 2 is 2.31 bits per heavy atom. The number of methoxy groups -OCH3 is 1. The molecule has 0 spiro atoms. The Labute approximate surface area is 92.3 Å². The third-order valence-corrected chi connectivity index (χ3v) is 2.41. The molecular weight excluding hydrogens is 206 g/mol. The smallest absolute Gasteiger partial charge is 0.345 e. The number of nitrogens with two attached hydrogens (primary N) is 1. The molecule has 0 amide bonds. The Balaban J connectivity index is 2.77. The summed E-state index contributed by atoms with van der Waals surface area (Å²) in [5.41, 5.74) is 6.51. The fourth-order valence-electron chi connectivity index (χ4n) is 1.71. The maximum Gasteiger partial charge on any atom is 0.345 e. The number of nitrogens with zero attached hydrogens (tertiary/aromatic N) is 1. The lowest BCUT2D eigenvalue weighted by atomic mass is 10.1. The highest BCUT2D eigenvalue weighted by Gasteiger charge is 2.08. The predicted molar refractivity (Wildman–Crippen MR) is 61.7 cm³/mol. The zero-order valence-electron chi connectivity index (χ0n) is 8.99. The van der Waals surface area contributed by atoms with Crippen LogP contribution >= 0.6 is 0 Å². The lowest BCUT2D eigenvalue weighted by Crippen LogP contribution is -2.16. The van der Waals surface area contributed by atoms with Gasteiger partial charge in [-0.15, -0.1) is 0 Å². The standard InChI is InChI=1S/C11H13N3O2/c1-16-9-4-2-3-7-8(5-6-12)13-11(15)14-10(7)9/h2-4H,5-6,12H2,1H3,(H,13,14,15). The summed E-state index contributed by atoms with van der Waals surface area (Å²) in [7, 11) is 1.56. The van der Waals surface area contributed by atoms with Crippen LogP contribution in [0.5, 0.6) is 5.75 Å². The summed E-state index contributed by atoms with van der Waals surface area (Å²) in [5, 5.41) is 0.879. The van der Waals surface area contributed by atoms with Gasteiger partial charge in [-0.2, -0.15) is 4.98 Å². The number of rotatable bonds is 3. The molecule has 0 bridgehead atoms. The molecule has 2 aromatic rings. The van der Waals surface area contributed by atoms with Crippen LogP contribution in [0.15, 0.2) is 23.0 Å². The van der Waals surface area contributed by atoms with Gasteiger partial charge in [0.15, 0.2) is 0 Å². The lowest BCUT2D eigenvalue weighted by molar-refractivity contribution is 0.418. The molecule has 1 aromatic heterocycles. The topological polar surface area (TPSA) is 81.0 Å². The molecule has 1 aromatic carbocycles. The van der Waals surface area contributed by atoms with E-state index in [2.05, 4.69) is 9.97 Å². The molecule has 16 heavy (non-hydrogen) atoms. The summed E-state index contributed by atoms with van der Waals surface area (Å²) in [6.45, 7) is 0.478. The maximum absolute atomic E-state index is 11.4. The van der Waals surface area contributed by atoms with Gasteiger partial charge in [-0.1, -0.05) is 12.1 Å². The number of H-pyrrole nitrogens is 1. The molecule has 0 unspecified atom stereocenters. The van der Waals surface area contributed by atoms with Crippen LogP contribution in [-0.4, -0.2) is 23.6 Å². The predicted octanol–water partition coefficient (Wildman–Crippen LogP) is 0.433. The van der Waals surface area contributed by atoms with Gasteiger partial charge in [0, 0.05) is 17.5 Å². The molecule has 5 heteroatoms. The molecule has 0 saturated carbocycles. The number of aromatic nitrogens is 2. The second-order valence-corrected chi connectivity index (χ2v) is 3.42. The van der Waals surface area contributed by atoms with Crippen LogP contribution in [0.25, 0.3) is 10.9 Å². The van der Waals surface area contributed by atoms with Crippen molar-refractivity contribution in [3.05, 3.63) is 34.4 Å². The highest BCUT2D eigenvalue weighted by molar-refractivity contribution is 5.86. The quantitative estimate of drug-likeness (QED) is 0.784. The minimum absolute atomic E-state index is 0.375. The first-order valence-electron chi connectivity index (χ1n) is 5.02. The summed E-state index contributed by atoms with van der Waals surface area (Å²) in [6, 6.07) is 5.54. The van der Waals surface area contributed by atoms with Crippen LogP contribution in [0.4, 0.5) is 0 Å². The maximum atomic E-state index is 11.4. The first kappa shape index (κ1) is 10.6. The van der Waals surface area contributed by atoms with Crippen LogP contribution in [-0.2, 0) is 6.42 Å². The Kier molecular flexibility index (Phi) is 2.87. The average molecular weight is 219 g/mol. The number of para-hydroxylation sites is 1. The van der Waals surface area contributed by atoms with Crippen LogP contribution in [0, 0.1) is 0 Å². The Bertz CT molecular complexity index is 563. The highest BCUT2D eigenvalue weighted by Crippen LogP contribution is 2.23. The normalized spacial score (nSPS) is 10.6. The van der Waals surface area contributed by atoms with Crippen molar-refractivity contribution in [3.8, 4) is 5.75 Å². The third kappa shape index (κ3) is 1.77. The van der Waals surface area contributed by atoms with Crippen molar-refractivity contribution in [2.75, 3.05) is 13.7 Å². The van der Waals surface area contributed by atoms with E-state index in [4.69, 9.17) is 10.5 Å². The Morgan fingerprint density at radius 3 is 3.00 bits per heavy atom. The number of fused-ring (bicyclic) bond motifs is 1. The lowest BCUT2D eigenvalue weighted by Gasteiger charge is -2.07. The van der Waals surface area contributed by atoms with Gasteiger partial charge in [0.1, 0.15) is 11.3 Å². The number of hydrogen-bond acceptors (Lipinski definition) is 4. The zero-order chi connectivity index (χ0) is 11.5. The minimum atomic E-state index is -0.375. The number of benzene rings is 1. The molecule has 2 rings (SSSR count). The summed E-state index contributed by atoms with van der Waals surface area (Å²) in [6.07, 6.45) is 0.613. The largest absolute Gasteiger partial charge is 0.494 e. The van der Waals surface area contributed by atoms with Gasteiger partial charge >= 0.3 is 5.69 Å². The zero-order valence-corrected chi connectivity index (χ0v) is 8.99. The van der Waals surface area contributed by atoms with Crippen LogP contribution < -0.4 is 16.2 Å². The van der Waals surface area contributed by atoms with Gasteiger partial charge < -0.3 is 15.5 Å². The van der Waals surface area contributed by atoms with Crippen LogP contribution in [0.2, 0.25) is 0 Å². The summed E-state index contributed by atoms with van der Waals surface area (Å²) < 4.78 is 5.17. The van der Waals surface area contributed by atoms with Crippen LogP contribution in [0.3, 0.4) is 0 Å². The molecule has 0 saturated heterocycles. The van der Waals surface area contributed by atoms with E-state index >= 15 is 0 Å². The highest BCUT2D eigenvalue weighted by atomic mass is 16.5. The Morgan fingerprint density at radius 1 is 1.50 bits per heavy atom. The summed E-state index contributed by atoms with van der Waals surface area (Å²) in [5.74, 6) is 0.599. The molecular formula is C11H13N3O2. The summed E-state index contributed by atoms with van der Waals surface area (Å²) >= 11 is 0. The van der Waals surface area contributed by atoms with Gasteiger partial charge in [0.25, 0.3) is 0 Å². The van der Waals surface area contributed by atoms with Gasteiger partial charge in [0.2, 0.25) is 0 Å². The molecule has 84 valence electrons. The van der Waals surface area contributed by atoms with E-state index in [1.165, 1.54) is 0 Å². The number of ether oxygens (including phenoxy) is 1. The van der Waals surface area contributed by atoms with Gasteiger partial charge in [-0.3, -0.25) is 0 Å². The van der Waals surface area contributed by atoms with Crippen molar-refractivity contribution in [2.45, 2.75) is 6.42 Å². The van der Waals surface area contributed by atoms with Gasteiger partial charge in [0.05, 0.1) is 7.11 Å². The second-order valence-electron chi connectivity index (χ2n) is 3.42.